The van der Waals surface area contributed by atoms with E-state index in [2.05, 4.69) is 41.4 Å². The largest absolute Gasteiger partial charge is 0.384 e. The molecule has 0 saturated carbocycles. The highest BCUT2D eigenvalue weighted by atomic mass is 16.1. The summed E-state index contributed by atoms with van der Waals surface area (Å²) >= 11 is 0. The number of rotatable bonds is 4. The lowest BCUT2D eigenvalue weighted by molar-refractivity contribution is 0.435. The summed E-state index contributed by atoms with van der Waals surface area (Å²) in [4.78, 5) is 16.6. The van der Waals surface area contributed by atoms with Gasteiger partial charge in [0.2, 0.25) is 0 Å². The van der Waals surface area contributed by atoms with Crippen molar-refractivity contribution in [2.45, 2.75) is 26.3 Å². The molecule has 5 nitrogen and oxygen atoms in total. The standard InChI is InChI=1S/C13H20N4O/c1-13(2,3)15-7-6-14-9-4-5-10-11(8-9)17-12(18)16-10/h4-5,8,14-15H,6-7H2,1-3H3,(H2,16,17,18). The zero-order chi connectivity index (χ0) is 13.2. The van der Waals surface area contributed by atoms with Crippen LogP contribution in [-0.4, -0.2) is 28.6 Å². The second kappa shape index (κ2) is 4.86. The first-order chi connectivity index (χ1) is 8.44. The van der Waals surface area contributed by atoms with E-state index in [9.17, 15) is 4.79 Å². The van der Waals surface area contributed by atoms with Gasteiger partial charge in [0, 0.05) is 24.3 Å². The monoisotopic (exact) mass is 248 g/mol. The Labute approximate surface area is 106 Å². The third kappa shape index (κ3) is 3.37. The van der Waals surface area contributed by atoms with Crippen molar-refractivity contribution in [3.05, 3.63) is 28.7 Å². The molecule has 0 spiro atoms. The van der Waals surface area contributed by atoms with Crippen LogP contribution in [0.25, 0.3) is 11.0 Å². The smallest absolute Gasteiger partial charge is 0.323 e. The number of imidazole rings is 1. The fourth-order valence-corrected chi connectivity index (χ4v) is 1.79. The van der Waals surface area contributed by atoms with Gasteiger partial charge in [-0.1, -0.05) is 0 Å². The van der Waals surface area contributed by atoms with Gasteiger partial charge in [-0.05, 0) is 39.0 Å². The highest BCUT2D eigenvalue weighted by Crippen LogP contribution is 2.13. The van der Waals surface area contributed by atoms with E-state index in [4.69, 9.17) is 0 Å². The van der Waals surface area contributed by atoms with Crippen molar-refractivity contribution in [1.29, 1.82) is 0 Å². The molecular weight excluding hydrogens is 228 g/mol. The van der Waals surface area contributed by atoms with E-state index >= 15 is 0 Å². The number of anilines is 1. The van der Waals surface area contributed by atoms with Crippen molar-refractivity contribution in [2.24, 2.45) is 0 Å². The van der Waals surface area contributed by atoms with E-state index in [0.717, 1.165) is 29.8 Å². The Morgan fingerprint density at radius 2 is 1.83 bits per heavy atom. The number of fused-ring (bicyclic) bond motifs is 1. The van der Waals surface area contributed by atoms with Crippen molar-refractivity contribution < 1.29 is 0 Å². The van der Waals surface area contributed by atoms with Crippen LogP contribution in [0.1, 0.15) is 20.8 Å². The molecule has 2 rings (SSSR count). The van der Waals surface area contributed by atoms with E-state index in [-0.39, 0.29) is 11.2 Å². The van der Waals surface area contributed by atoms with Gasteiger partial charge in [-0.15, -0.1) is 0 Å². The van der Waals surface area contributed by atoms with Gasteiger partial charge < -0.3 is 20.6 Å². The third-order valence-electron chi connectivity index (χ3n) is 2.63. The summed E-state index contributed by atoms with van der Waals surface area (Å²) in [7, 11) is 0. The number of aromatic amines is 2. The molecule has 1 aromatic carbocycles. The average Bonchev–Trinajstić information content (AvgIpc) is 2.62. The maximum absolute atomic E-state index is 11.1. The first-order valence-corrected chi connectivity index (χ1v) is 6.15. The second-order valence-electron chi connectivity index (χ2n) is 5.44. The third-order valence-corrected chi connectivity index (χ3v) is 2.63. The molecule has 0 radical (unpaired) electrons. The lowest BCUT2D eigenvalue weighted by Crippen LogP contribution is -2.38. The zero-order valence-electron chi connectivity index (χ0n) is 11.1. The van der Waals surface area contributed by atoms with Gasteiger partial charge in [0.15, 0.2) is 0 Å². The number of hydrogen-bond donors (Lipinski definition) is 4. The van der Waals surface area contributed by atoms with Crippen LogP contribution in [0, 0.1) is 0 Å². The van der Waals surface area contributed by atoms with E-state index in [0.29, 0.717) is 0 Å². The van der Waals surface area contributed by atoms with Gasteiger partial charge >= 0.3 is 5.69 Å². The molecule has 5 heteroatoms. The Balaban J connectivity index is 1.93. The minimum atomic E-state index is -0.170. The average molecular weight is 248 g/mol. The lowest BCUT2D eigenvalue weighted by Gasteiger charge is -2.20. The molecule has 0 fully saturated rings. The Morgan fingerprint density at radius 3 is 2.56 bits per heavy atom. The first-order valence-electron chi connectivity index (χ1n) is 6.15. The topological polar surface area (TPSA) is 72.7 Å². The lowest BCUT2D eigenvalue weighted by atomic mass is 10.1. The van der Waals surface area contributed by atoms with Gasteiger partial charge in [-0.2, -0.15) is 0 Å². The number of hydrogen-bond acceptors (Lipinski definition) is 3. The maximum Gasteiger partial charge on any atom is 0.323 e. The molecule has 0 aliphatic rings. The number of nitrogens with one attached hydrogen (secondary N) is 4. The summed E-state index contributed by atoms with van der Waals surface area (Å²) in [5.74, 6) is 0. The molecule has 0 saturated heterocycles. The molecule has 1 heterocycles. The summed E-state index contributed by atoms with van der Waals surface area (Å²) < 4.78 is 0. The molecular formula is C13H20N4O. The van der Waals surface area contributed by atoms with E-state index in [1.54, 1.807) is 0 Å². The predicted octanol–water partition coefficient (Wildman–Crippen LogP) is 1.66. The van der Waals surface area contributed by atoms with Gasteiger partial charge in [0.25, 0.3) is 0 Å². The summed E-state index contributed by atoms with van der Waals surface area (Å²) in [6.45, 7) is 8.17. The van der Waals surface area contributed by atoms with Crippen molar-refractivity contribution in [3.8, 4) is 0 Å². The first kappa shape index (κ1) is 12.7. The molecule has 0 unspecified atom stereocenters. The number of benzene rings is 1. The molecule has 0 aliphatic carbocycles. The molecule has 2 aromatic rings. The fraction of sp³-hybridized carbons (Fsp3) is 0.462. The van der Waals surface area contributed by atoms with E-state index < -0.39 is 0 Å². The highest BCUT2D eigenvalue weighted by molar-refractivity contribution is 5.78. The molecule has 4 N–H and O–H groups in total. The summed E-state index contributed by atoms with van der Waals surface area (Å²) in [6.07, 6.45) is 0. The van der Waals surface area contributed by atoms with E-state index in [1.165, 1.54) is 0 Å². The van der Waals surface area contributed by atoms with Crippen molar-refractivity contribution in [3.63, 3.8) is 0 Å². The van der Waals surface area contributed by atoms with E-state index in [1.807, 2.05) is 18.2 Å². The fourth-order valence-electron chi connectivity index (χ4n) is 1.79. The quantitative estimate of drug-likeness (QED) is 0.622. The Kier molecular flexibility index (Phi) is 3.43. The SMILES string of the molecule is CC(C)(C)NCCNc1ccc2[nH]c(=O)[nH]c2c1. The van der Waals surface area contributed by atoms with Gasteiger partial charge in [0.05, 0.1) is 11.0 Å². The van der Waals surface area contributed by atoms with Crippen LogP contribution in [-0.2, 0) is 0 Å². The summed E-state index contributed by atoms with van der Waals surface area (Å²) in [5, 5.41) is 6.73. The summed E-state index contributed by atoms with van der Waals surface area (Å²) in [5.41, 5.74) is 2.63. The van der Waals surface area contributed by atoms with Gasteiger partial charge in [0.1, 0.15) is 0 Å². The van der Waals surface area contributed by atoms with Crippen molar-refractivity contribution in [1.82, 2.24) is 15.3 Å². The zero-order valence-corrected chi connectivity index (χ0v) is 11.1. The van der Waals surface area contributed by atoms with Crippen LogP contribution in [0.3, 0.4) is 0 Å². The minimum Gasteiger partial charge on any atom is -0.384 e. The molecule has 18 heavy (non-hydrogen) atoms. The number of aromatic nitrogens is 2. The highest BCUT2D eigenvalue weighted by Gasteiger charge is 2.07. The summed E-state index contributed by atoms with van der Waals surface area (Å²) in [6, 6.07) is 5.79. The van der Waals surface area contributed by atoms with Gasteiger partial charge in [-0.25, -0.2) is 4.79 Å². The Bertz CT molecular complexity index is 576. The minimum absolute atomic E-state index is 0.136. The Hall–Kier alpha value is -1.75. The molecule has 1 aromatic heterocycles. The van der Waals surface area contributed by atoms with Crippen LogP contribution < -0.4 is 16.3 Å². The molecule has 98 valence electrons. The van der Waals surface area contributed by atoms with Gasteiger partial charge in [-0.3, -0.25) is 0 Å². The maximum atomic E-state index is 11.1. The number of H-pyrrole nitrogens is 2. The van der Waals surface area contributed by atoms with Crippen molar-refractivity contribution >= 4 is 16.7 Å². The normalized spacial score (nSPS) is 11.9. The second-order valence-corrected chi connectivity index (χ2v) is 5.44. The van der Waals surface area contributed by atoms with Crippen LogP contribution in [0.5, 0.6) is 0 Å². The van der Waals surface area contributed by atoms with Crippen LogP contribution in [0.2, 0.25) is 0 Å². The molecule has 0 amide bonds. The Morgan fingerprint density at radius 1 is 1.11 bits per heavy atom. The van der Waals surface area contributed by atoms with Crippen LogP contribution in [0.4, 0.5) is 5.69 Å². The predicted molar refractivity (Wildman–Crippen MR) is 75.2 cm³/mol. The molecule has 0 bridgehead atoms. The molecule has 0 atom stereocenters. The van der Waals surface area contributed by atoms with Crippen LogP contribution >= 0.6 is 0 Å². The van der Waals surface area contributed by atoms with Crippen molar-refractivity contribution in [2.75, 3.05) is 18.4 Å². The van der Waals surface area contributed by atoms with Crippen LogP contribution in [0.15, 0.2) is 23.0 Å². The molecule has 0 aliphatic heterocycles.